The number of halogens is 3. The molecule has 4 rings (SSSR count). The van der Waals surface area contributed by atoms with Crippen LogP contribution in [-0.2, 0) is 17.8 Å². The fraction of sp³-hybridized carbons (Fsp3) is 0.533. The molecule has 2 aromatic heterocycles. The molecule has 0 aliphatic carbocycles. The number of aromatic nitrogens is 5. The highest BCUT2D eigenvalue weighted by molar-refractivity contribution is 6.00. The van der Waals surface area contributed by atoms with Crippen LogP contribution in [0.5, 0.6) is 0 Å². The summed E-state index contributed by atoms with van der Waals surface area (Å²) in [6.07, 6.45) is -2.63. The molecular formula is C15H16F3N7O2. The molecule has 27 heavy (non-hydrogen) atoms. The molecular weight excluding hydrogens is 367 g/mol. The lowest BCUT2D eigenvalue weighted by molar-refractivity contribution is -0.168. The lowest BCUT2D eigenvalue weighted by Crippen LogP contribution is -2.47. The van der Waals surface area contributed by atoms with Gasteiger partial charge in [0.2, 0.25) is 5.82 Å². The molecule has 0 radical (unpaired) electrons. The first-order valence-electron chi connectivity index (χ1n) is 8.38. The van der Waals surface area contributed by atoms with E-state index in [1.54, 1.807) is 24.0 Å². The molecule has 2 aliphatic rings. The first-order valence-corrected chi connectivity index (χ1v) is 8.38. The first-order chi connectivity index (χ1) is 12.8. The Morgan fingerprint density at radius 1 is 1.33 bits per heavy atom. The van der Waals surface area contributed by atoms with Gasteiger partial charge in [-0.3, -0.25) is 14.5 Å². The van der Waals surface area contributed by atoms with E-state index < -0.39 is 24.2 Å². The van der Waals surface area contributed by atoms with Crippen molar-refractivity contribution in [3.8, 4) is 0 Å². The molecule has 0 bridgehead atoms. The summed E-state index contributed by atoms with van der Waals surface area (Å²) in [7, 11) is 1.57. The Bertz CT molecular complexity index is 904. The van der Waals surface area contributed by atoms with Gasteiger partial charge < -0.3 is 5.32 Å². The Hall–Kier alpha value is -2.92. The second-order valence-electron chi connectivity index (χ2n) is 6.52. The van der Waals surface area contributed by atoms with Crippen LogP contribution in [-0.4, -0.2) is 55.6 Å². The second kappa shape index (κ2) is 6.06. The Balaban J connectivity index is 1.51. The van der Waals surface area contributed by atoms with Gasteiger partial charge in [-0.1, -0.05) is 0 Å². The van der Waals surface area contributed by atoms with E-state index in [9.17, 15) is 22.8 Å². The van der Waals surface area contributed by atoms with Gasteiger partial charge in [-0.15, -0.1) is 5.10 Å². The van der Waals surface area contributed by atoms with E-state index in [1.165, 1.54) is 4.90 Å². The molecule has 9 nitrogen and oxygen atoms in total. The van der Waals surface area contributed by atoms with Gasteiger partial charge in [0, 0.05) is 26.1 Å². The van der Waals surface area contributed by atoms with Crippen LogP contribution in [0.15, 0.2) is 12.3 Å². The maximum atomic E-state index is 13.0. The Morgan fingerprint density at radius 2 is 2.11 bits per heavy atom. The maximum absolute atomic E-state index is 13.0. The molecule has 2 amide bonds. The molecule has 0 aromatic carbocycles. The van der Waals surface area contributed by atoms with Crippen molar-refractivity contribution in [2.45, 2.75) is 44.1 Å². The van der Waals surface area contributed by atoms with Crippen molar-refractivity contribution >= 4 is 17.6 Å². The zero-order chi connectivity index (χ0) is 19.3. The van der Waals surface area contributed by atoms with Gasteiger partial charge in [-0.25, -0.2) is 14.3 Å². The molecule has 144 valence electrons. The minimum Gasteiger partial charge on any atom is -0.337 e. The van der Waals surface area contributed by atoms with E-state index in [0.29, 0.717) is 18.8 Å². The molecule has 2 aromatic rings. The molecule has 12 heteroatoms. The molecule has 1 N–H and O–H groups in total. The van der Waals surface area contributed by atoms with Gasteiger partial charge in [0.05, 0.1) is 6.20 Å². The van der Waals surface area contributed by atoms with Gasteiger partial charge in [-0.2, -0.15) is 18.3 Å². The fourth-order valence-corrected chi connectivity index (χ4v) is 3.42. The molecule has 4 heterocycles. The highest BCUT2D eigenvalue weighted by Gasteiger charge is 2.46. The van der Waals surface area contributed by atoms with Crippen molar-refractivity contribution in [3.05, 3.63) is 23.9 Å². The van der Waals surface area contributed by atoms with E-state index in [1.807, 2.05) is 0 Å². The van der Waals surface area contributed by atoms with Crippen molar-refractivity contribution in [3.63, 3.8) is 0 Å². The fourth-order valence-electron chi connectivity index (χ4n) is 3.42. The summed E-state index contributed by atoms with van der Waals surface area (Å²) in [5.41, 5.74) is 0. The van der Waals surface area contributed by atoms with Crippen LogP contribution < -0.4 is 10.2 Å². The Kier molecular flexibility index (Phi) is 3.93. The Labute approximate surface area is 151 Å². The van der Waals surface area contributed by atoms with Crippen LogP contribution in [0.2, 0.25) is 0 Å². The third kappa shape index (κ3) is 2.94. The number of fused-ring (bicyclic) bond motifs is 2. The number of aryl methyl sites for hydroxylation is 2. The van der Waals surface area contributed by atoms with Crippen LogP contribution in [0, 0.1) is 0 Å². The van der Waals surface area contributed by atoms with E-state index in [4.69, 9.17) is 0 Å². The minimum atomic E-state index is -4.45. The van der Waals surface area contributed by atoms with Crippen molar-refractivity contribution in [2.24, 2.45) is 0 Å². The average molecular weight is 383 g/mol. The number of carbonyl (C=O) groups is 2. The highest BCUT2D eigenvalue weighted by Crippen LogP contribution is 2.38. The predicted octanol–water partition coefficient (Wildman–Crippen LogP) is 0.689. The van der Waals surface area contributed by atoms with Crippen molar-refractivity contribution in [1.29, 1.82) is 0 Å². The van der Waals surface area contributed by atoms with Gasteiger partial charge in [0.15, 0.2) is 0 Å². The molecule has 0 saturated heterocycles. The highest BCUT2D eigenvalue weighted by atomic mass is 19.4. The molecule has 2 aliphatic heterocycles. The second-order valence-corrected chi connectivity index (χ2v) is 6.52. The predicted molar refractivity (Wildman–Crippen MR) is 84.9 cm³/mol. The van der Waals surface area contributed by atoms with Crippen molar-refractivity contribution in [1.82, 2.24) is 29.9 Å². The normalized spacial score (nSPS) is 22.4. The van der Waals surface area contributed by atoms with Crippen molar-refractivity contribution in [2.75, 3.05) is 11.9 Å². The Morgan fingerprint density at radius 3 is 2.85 bits per heavy atom. The third-order valence-corrected chi connectivity index (χ3v) is 4.82. The number of hydrogen-bond donors (Lipinski definition) is 1. The van der Waals surface area contributed by atoms with Crippen LogP contribution in [0.25, 0.3) is 0 Å². The van der Waals surface area contributed by atoms with Gasteiger partial charge in [0.1, 0.15) is 23.7 Å². The number of hydrogen-bond acceptors (Lipinski definition) is 5. The smallest absolute Gasteiger partial charge is 0.337 e. The minimum absolute atomic E-state index is 0.0939. The lowest BCUT2D eigenvalue weighted by atomic mass is 10.2. The number of alkyl halides is 3. The molecule has 0 unspecified atom stereocenters. The van der Waals surface area contributed by atoms with Crippen LogP contribution in [0.3, 0.4) is 0 Å². The molecule has 0 spiro atoms. The number of nitrogens with one attached hydrogen (secondary N) is 1. The lowest BCUT2D eigenvalue weighted by Gasteiger charge is -2.20. The van der Waals surface area contributed by atoms with Crippen LogP contribution in [0.1, 0.15) is 35.3 Å². The summed E-state index contributed by atoms with van der Waals surface area (Å²) in [5.74, 6) is -0.765. The summed E-state index contributed by atoms with van der Waals surface area (Å²) in [6, 6.07) is -0.939. The average Bonchev–Trinajstić information content (AvgIpc) is 3.28. The SMILES string of the molecule is CN1C(=O)[C@@H](NC(=O)c2nc3n(n2)[C@H](C(F)(F)F)CC3)CCn2nccc21. The first kappa shape index (κ1) is 17.5. The zero-order valence-electron chi connectivity index (χ0n) is 14.3. The summed E-state index contributed by atoms with van der Waals surface area (Å²) in [4.78, 5) is 30.3. The number of rotatable bonds is 2. The quantitative estimate of drug-likeness (QED) is 0.823. The maximum Gasteiger partial charge on any atom is 0.410 e. The van der Waals surface area contributed by atoms with E-state index in [2.05, 4.69) is 20.5 Å². The topological polar surface area (TPSA) is 97.9 Å². The van der Waals surface area contributed by atoms with Crippen LogP contribution >= 0.6 is 0 Å². The van der Waals surface area contributed by atoms with E-state index in [-0.39, 0.29) is 30.4 Å². The zero-order valence-corrected chi connectivity index (χ0v) is 14.3. The third-order valence-electron chi connectivity index (χ3n) is 4.82. The van der Waals surface area contributed by atoms with Gasteiger partial charge in [-0.05, 0) is 12.8 Å². The molecule has 0 fully saturated rings. The summed E-state index contributed by atoms with van der Waals surface area (Å²) in [5, 5.41) is 10.4. The van der Waals surface area contributed by atoms with E-state index >= 15 is 0 Å². The largest absolute Gasteiger partial charge is 0.410 e. The number of carbonyl (C=O) groups excluding carboxylic acids is 2. The standard InChI is InChI=1S/C15H16F3N7O2/c1-23-11-4-6-19-24(11)7-5-8(14(23)27)20-13(26)12-21-10-3-2-9(15(16,17)18)25(10)22-12/h4,6,8-9H,2-3,5,7H2,1H3,(H,20,26)/t8-,9-/m0/s1. The summed E-state index contributed by atoms with van der Waals surface area (Å²) in [6.45, 7) is 0.409. The summed E-state index contributed by atoms with van der Waals surface area (Å²) >= 11 is 0. The van der Waals surface area contributed by atoms with Gasteiger partial charge >= 0.3 is 6.18 Å². The number of amides is 2. The number of anilines is 1. The van der Waals surface area contributed by atoms with E-state index in [0.717, 1.165) is 4.68 Å². The number of likely N-dealkylation sites (N-methyl/N-ethyl adjacent to an activating group) is 1. The van der Waals surface area contributed by atoms with Crippen molar-refractivity contribution < 1.29 is 22.8 Å². The summed E-state index contributed by atoms with van der Waals surface area (Å²) < 4.78 is 41.4. The molecule has 0 saturated carbocycles. The monoisotopic (exact) mass is 383 g/mol. The van der Waals surface area contributed by atoms with Crippen LogP contribution in [0.4, 0.5) is 19.0 Å². The molecule has 2 atom stereocenters. The van der Waals surface area contributed by atoms with Gasteiger partial charge in [0.25, 0.3) is 11.8 Å². The number of nitrogens with zero attached hydrogens (tertiary/aromatic N) is 6.